The molecule has 3 rings (SSSR count). The second kappa shape index (κ2) is 4.82. The Hall–Kier alpha value is -3.20. The molecule has 20 heavy (non-hydrogen) atoms. The summed E-state index contributed by atoms with van der Waals surface area (Å²) in [5.74, 6) is 0.624. The summed E-state index contributed by atoms with van der Waals surface area (Å²) in [5, 5.41) is 17.3. The van der Waals surface area contributed by atoms with Gasteiger partial charge in [0, 0.05) is 17.3 Å². The van der Waals surface area contributed by atoms with E-state index in [1.54, 1.807) is 24.4 Å². The molecule has 0 aliphatic rings. The molecule has 1 aromatic carbocycles. The van der Waals surface area contributed by atoms with Crippen molar-refractivity contribution in [2.24, 2.45) is 0 Å². The number of anilines is 1. The number of fused-ring (bicyclic) bond motifs is 1. The normalized spacial score (nSPS) is 10.2. The maximum absolute atomic E-state index is 9.02. The lowest BCUT2D eigenvalue weighted by Crippen LogP contribution is -1.96. The molecule has 0 saturated carbocycles. The number of hydrogen-bond donors (Lipinski definition) is 1. The van der Waals surface area contributed by atoms with Crippen LogP contribution in [0.4, 0.5) is 5.69 Å². The van der Waals surface area contributed by atoms with Gasteiger partial charge in [-0.25, -0.2) is 0 Å². The first kappa shape index (κ1) is 11.9. The van der Waals surface area contributed by atoms with E-state index >= 15 is 0 Å². The monoisotopic (exact) mass is 263 g/mol. The number of benzene rings is 1. The Kier molecular flexibility index (Phi) is 2.86. The van der Waals surface area contributed by atoms with Gasteiger partial charge in [-0.15, -0.1) is 5.10 Å². The fraction of sp³-hybridized carbons (Fsp3) is 0. The van der Waals surface area contributed by atoms with Crippen LogP contribution in [0.5, 0.6) is 11.6 Å². The number of aromatic nitrogens is 3. The van der Waals surface area contributed by atoms with Crippen molar-refractivity contribution in [1.29, 1.82) is 5.26 Å². The van der Waals surface area contributed by atoms with Gasteiger partial charge in [-0.2, -0.15) is 10.4 Å². The van der Waals surface area contributed by atoms with Crippen molar-refractivity contribution in [3.05, 3.63) is 48.3 Å². The van der Waals surface area contributed by atoms with Crippen molar-refractivity contribution in [1.82, 2.24) is 15.2 Å². The van der Waals surface area contributed by atoms with Crippen molar-refractivity contribution in [3.8, 4) is 17.7 Å². The van der Waals surface area contributed by atoms with E-state index in [0.29, 0.717) is 22.5 Å². The van der Waals surface area contributed by atoms with Crippen LogP contribution in [0.15, 0.2) is 42.7 Å². The molecule has 0 fully saturated rings. The Bertz CT molecular complexity index is 825. The third-order valence-corrected chi connectivity index (χ3v) is 2.78. The Balaban J connectivity index is 2.12. The second-order valence-corrected chi connectivity index (χ2v) is 4.02. The number of nitrogens with two attached hydrogens (primary N) is 1. The average molecular weight is 263 g/mol. The molecule has 6 heteroatoms. The summed E-state index contributed by atoms with van der Waals surface area (Å²) in [4.78, 5) is 4.26. The minimum atomic E-state index is 0.145. The standard InChI is InChI=1S/C14H9N5O/c15-8-9-5-7-18-19-14(9)20-12-4-3-11(16)10-2-1-6-17-13(10)12/h1-7H,16H2. The molecule has 3 aromatic rings. The van der Waals surface area contributed by atoms with Crippen LogP contribution in [0, 0.1) is 11.3 Å². The minimum absolute atomic E-state index is 0.145. The van der Waals surface area contributed by atoms with Crippen LogP contribution in [-0.4, -0.2) is 15.2 Å². The Labute approximate surface area is 114 Å². The minimum Gasteiger partial charge on any atom is -0.434 e. The SMILES string of the molecule is N#Cc1ccnnc1Oc1ccc(N)c2cccnc12. The van der Waals surface area contributed by atoms with E-state index in [1.807, 2.05) is 12.1 Å². The number of nitrogen functional groups attached to an aromatic ring is 1. The molecule has 0 aliphatic heterocycles. The first-order valence-corrected chi connectivity index (χ1v) is 5.82. The Morgan fingerprint density at radius 1 is 1.15 bits per heavy atom. The van der Waals surface area contributed by atoms with E-state index in [2.05, 4.69) is 15.2 Å². The van der Waals surface area contributed by atoms with Gasteiger partial charge < -0.3 is 10.5 Å². The third-order valence-electron chi connectivity index (χ3n) is 2.78. The maximum atomic E-state index is 9.02. The molecule has 0 bridgehead atoms. The highest BCUT2D eigenvalue weighted by Crippen LogP contribution is 2.31. The van der Waals surface area contributed by atoms with Crippen molar-refractivity contribution < 1.29 is 4.74 Å². The van der Waals surface area contributed by atoms with E-state index in [1.165, 1.54) is 12.3 Å². The lowest BCUT2D eigenvalue weighted by atomic mass is 10.1. The highest BCUT2D eigenvalue weighted by Gasteiger charge is 2.11. The molecule has 0 aliphatic carbocycles. The quantitative estimate of drug-likeness (QED) is 0.712. The van der Waals surface area contributed by atoms with Gasteiger partial charge in [0.25, 0.3) is 5.88 Å². The van der Waals surface area contributed by atoms with Crippen molar-refractivity contribution >= 4 is 16.6 Å². The van der Waals surface area contributed by atoms with Crippen LogP contribution in [-0.2, 0) is 0 Å². The van der Waals surface area contributed by atoms with Gasteiger partial charge in [-0.3, -0.25) is 4.98 Å². The summed E-state index contributed by atoms with van der Waals surface area (Å²) in [6.45, 7) is 0. The third kappa shape index (κ3) is 1.97. The van der Waals surface area contributed by atoms with Gasteiger partial charge in [-0.05, 0) is 30.3 Å². The number of pyridine rings is 1. The van der Waals surface area contributed by atoms with Gasteiger partial charge in [0.2, 0.25) is 0 Å². The molecular formula is C14H9N5O. The molecule has 96 valence electrons. The Morgan fingerprint density at radius 2 is 2.05 bits per heavy atom. The van der Waals surface area contributed by atoms with Crippen LogP contribution in [0.25, 0.3) is 10.9 Å². The van der Waals surface area contributed by atoms with E-state index in [4.69, 9.17) is 15.7 Å². The summed E-state index contributed by atoms with van der Waals surface area (Å²) in [5.41, 5.74) is 7.43. The second-order valence-electron chi connectivity index (χ2n) is 4.02. The summed E-state index contributed by atoms with van der Waals surface area (Å²) in [7, 11) is 0. The molecule has 2 aromatic heterocycles. The van der Waals surface area contributed by atoms with E-state index < -0.39 is 0 Å². The lowest BCUT2D eigenvalue weighted by Gasteiger charge is -2.09. The molecular weight excluding hydrogens is 254 g/mol. The zero-order chi connectivity index (χ0) is 13.9. The van der Waals surface area contributed by atoms with E-state index in [9.17, 15) is 0 Å². The summed E-state index contributed by atoms with van der Waals surface area (Å²) >= 11 is 0. The van der Waals surface area contributed by atoms with Crippen molar-refractivity contribution in [2.75, 3.05) is 5.73 Å². The van der Waals surface area contributed by atoms with Crippen LogP contribution >= 0.6 is 0 Å². The molecule has 0 spiro atoms. The molecule has 0 atom stereocenters. The van der Waals surface area contributed by atoms with Crippen LogP contribution < -0.4 is 10.5 Å². The highest BCUT2D eigenvalue weighted by atomic mass is 16.5. The van der Waals surface area contributed by atoms with Crippen LogP contribution in [0.1, 0.15) is 5.56 Å². The van der Waals surface area contributed by atoms with Crippen LogP contribution in [0.3, 0.4) is 0 Å². The first-order chi connectivity index (χ1) is 9.79. The number of nitriles is 1. The summed E-state index contributed by atoms with van der Waals surface area (Å²) in [6.07, 6.45) is 3.08. The van der Waals surface area contributed by atoms with E-state index in [-0.39, 0.29) is 5.88 Å². The largest absolute Gasteiger partial charge is 0.434 e. The molecule has 2 N–H and O–H groups in total. The molecule has 0 amide bonds. The van der Waals surface area contributed by atoms with Gasteiger partial charge >= 0.3 is 0 Å². The number of nitrogens with zero attached hydrogens (tertiary/aromatic N) is 4. The summed E-state index contributed by atoms with van der Waals surface area (Å²) in [6, 6.07) is 10.6. The fourth-order valence-electron chi connectivity index (χ4n) is 1.83. The molecule has 6 nitrogen and oxygen atoms in total. The smallest absolute Gasteiger partial charge is 0.257 e. The molecule has 0 saturated heterocycles. The zero-order valence-corrected chi connectivity index (χ0v) is 10.3. The van der Waals surface area contributed by atoms with Crippen molar-refractivity contribution in [3.63, 3.8) is 0 Å². The number of rotatable bonds is 2. The predicted molar refractivity (Wildman–Crippen MR) is 73.0 cm³/mol. The average Bonchev–Trinajstić information content (AvgIpc) is 2.51. The Morgan fingerprint density at radius 3 is 2.90 bits per heavy atom. The number of hydrogen-bond acceptors (Lipinski definition) is 6. The van der Waals surface area contributed by atoms with Crippen molar-refractivity contribution in [2.45, 2.75) is 0 Å². The van der Waals surface area contributed by atoms with Gasteiger partial charge in [0.05, 0.1) is 6.20 Å². The van der Waals surface area contributed by atoms with Gasteiger partial charge in [0.15, 0.2) is 5.75 Å². The fourth-order valence-corrected chi connectivity index (χ4v) is 1.83. The highest BCUT2D eigenvalue weighted by molar-refractivity contribution is 5.94. The molecule has 0 unspecified atom stereocenters. The predicted octanol–water partition coefficient (Wildman–Crippen LogP) is 2.27. The van der Waals surface area contributed by atoms with E-state index in [0.717, 1.165) is 5.39 Å². The molecule has 0 radical (unpaired) electrons. The maximum Gasteiger partial charge on any atom is 0.257 e. The van der Waals surface area contributed by atoms with Gasteiger partial charge in [-0.1, -0.05) is 0 Å². The summed E-state index contributed by atoms with van der Waals surface area (Å²) < 4.78 is 5.65. The first-order valence-electron chi connectivity index (χ1n) is 5.82. The molecule has 2 heterocycles. The number of ether oxygens (including phenoxy) is 1. The lowest BCUT2D eigenvalue weighted by molar-refractivity contribution is 0.457. The van der Waals surface area contributed by atoms with Gasteiger partial charge in [0.1, 0.15) is 17.1 Å². The zero-order valence-electron chi connectivity index (χ0n) is 10.3. The van der Waals surface area contributed by atoms with Crippen LogP contribution in [0.2, 0.25) is 0 Å². The topological polar surface area (TPSA) is 97.7 Å².